The molecule has 0 spiro atoms. The first-order chi connectivity index (χ1) is 24.3. The molecule has 14 heteroatoms. The molecule has 4 aromatic carbocycles. The first-order valence-electron chi connectivity index (χ1n) is 16.2. The molecule has 0 unspecified atom stereocenters. The molecule has 5 aromatic rings. The number of ether oxygens (including phenoxy) is 1. The number of fused-ring (bicyclic) bond motifs is 1. The number of aromatic amines is 1. The highest BCUT2D eigenvalue weighted by atomic mass is 32.2. The molecule has 1 fully saturated rings. The van der Waals surface area contributed by atoms with Crippen LogP contribution in [0.5, 0.6) is 5.88 Å². The van der Waals surface area contributed by atoms with Gasteiger partial charge in [-0.2, -0.15) is 8.42 Å². The number of amides is 1. The summed E-state index contributed by atoms with van der Waals surface area (Å²) >= 11 is 0. The molecular weight excluding hydrogens is 687 g/mol. The maximum atomic E-state index is 12.9. The van der Waals surface area contributed by atoms with Gasteiger partial charge in [0, 0.05) is 55.4 Å². The monoisotopic (exact) mass is 729 g/mol. The summed E-state index contributed by atoms with van der Waals surface area (Å²) in [6.45, 7) is 5.93. The van der Waals surface area contributed by atoms with Crippen molar-refractivity contribution in [3.63, 3.8) is 0 Å². The second kappa shape index (κ2) is 17.2. The van der Waals surface area contributed by atoms with E-state index < -0.39 is 16.1 Å². The van der Waals surface area contributed by atoms with Gasteiger partial charge in [-0.1, -0.05) is 54.1 Å². The van der Waals surface area contributed by atoms with E-state index in [1.807, 2.05) is 61.5 Å². The third-order valence-electron chi connectivity index (χ3n) is 8.61. The van der Waals surface area contributed by atoms with Crippen LogP contribution in [0.1, 0.15) is 27.0 Å². The number of carbonyl (C=O) groups excluding carboxylic acids is 2. The van der Waals surface area contributed by atoms with Gasteiger partial charge in [0.25, 0.3) is 10.1 Å². The fraction of sp³-hybridized carbons (Fsp3) is 0.237. The number of anilines is 1. The van der Waals surface area contributed by atoms with Gasteiger partial charge in [0.05, 0.1) is 41.1 Å². The molecule has 0 aliphatic carbocycles. The quantitative estimate of drug-likeness (QED) is 0.118. The van der Waals surface area contributed by atoms with Crippen LogP contribution in [-0.2, 0) is 19.6 Å². The Morgan fingerprint density at radius 3 is 2.13 bits per heavy atom. The zero-order valence-electron chi connectivity index (χ0n) is 29.4. The minimum atomic E-state index is -4.02. The van der Waals surface area contributed by atoms with E-state index in [0.717, 1.165) is 48.4 Å². The Balaban J connectivity index is 0.000000433. The highest BCUT2D eigenvalue weighted by Gasteiger charge is 2.21. The number of aromatic hydroxyl groups is 1. The van der Waals surface area contributed by atoms with Gasteiger partial charge in [0.2, 0.25) is 5.91 Å². The van der Waals surface area contributed by atoms with E-state index in [1.165, 1.54) is 19.2 Å². The number of hydrogen-bond donors (Lipinski definition) is 3. The lowest BCUT2D eigenvalue weighted by atomic mass is 10.00. The van der Waals surface area contributed by atoms with E-state index in [2.05, 4.69) is 21.8 Å². The number of hydrogen-bond acceptors (Lipinski definition) is 9. The first kappa shape index (κ1) is 39.4. The Bertz CT molecular complexity index is 2130. The molecule has 1 saturated heterocycles. The van der Waals surface area contributed by atoms with E-state index in [-0.39, 0.29) is 22.2 Å². The van der Waals surface area contributed by atoms with Crippen LogP contribution in [-0.4, -0.2) is 110 Å². The molecule has 0 atom stereocenters. The molecule has 1 aromatic heterocycles. The largest absolute Gasteiger partial charge is 0.494 e. The summed E-state index contributed by atoms with van der Waals surface area (Å²) < 4.78 is 34.4. The smallest absolute Gasteiger partial charge is 0.337 e. The number of methoxy groups -OCH3 is 1. The Kier molecular flexibility index (Phi) is 13.1. The second-order valence-electron chi connectivity index (χ2n) is 12.3. The Morgan fingerprint density at radius 1 is 0.904 bits per heavy atom. The molecule has 2 heterocycles. The van der Waals surface area contributed by atoms with E-state index in [1.54, 1.807) is 42.3 Å². The van der Waals surface area contributed by atoms with Gasteiger partial charge in [-0.25, -0.2) is 9.79 Å². The summed E-state index contributed by atoms with van der Waals surface area (Å²) in [4.78, 5) is 38.9. The van der Waals surface area contributed by atoms with Gasteiger partial charge in [0.1, 0.15) is 0 Å². The summed E-state index contributed by atoms with van der Waals surface area (Å²) in [6, 6.07) is 28.2. The number of aromatic nitrogens is 1. The van der Waals surface area contributed by atoms with Crippen molar-refractivity contribution in [2.45, 2.75) is 11.8 Å². The van der Waals surface area contributed by atoms with E-state index in [0.29, 0.717) is 34.6 Å². The Morgan fingerprint density at radius 2 is 1.54 bits per heavy atom. The van der Waals surface area contributed by atoms with Crippen molar-refractivity contribution in [2.75, 3.05) is 58.8 Å². The van der Waals surface area contributed by atoms with Gasteiger partial charge >= 0.3 is 5.97 Å². The van der Waals surface area contributed by atoms with Crippen molar-refractivity contribution in [3.05, 3.63) is 119 Å². The number of H-pyrrole nitrogens is 1. The molecular formula is C38H43N5O8S. The molecule has 274 valence electrons. The number of likely N-dealkylation sites (N-methyl/N-ethyl adjacent to an activating group) is 2. The summed E-state index contributed by atoms with van der Waals surface area (Å²) in [5, 5.41) is 11.7. The second-order valence-corrected chi connectivity index (χ2v) is 13.7. The molecule has 6 rings (SSSR count). The van der Waals surface area contributed by atoms with Crippen LogP contribution in [0.15, 0.2) is 107 Å². The Hall–Kier alpha value is -5.38. The van der Waals surface area contributed by atoms with Gasteiger partial charge in [-0.05, 0) is 62.5 Å². The molecule has 13 nitrogen and oxygen atoms in total. The zero-order chi connectivity index (χ0) is 36.7. The van der Waals surface area contributed by atoms with Crippen LogP contribution in [0.2, 0.25) is 0 Å². The minimum absolute atomic E-state index is 0. The van der Waals surface area contributed by atoms with Crippen LogP contribution in [0.25, 0.3) is 10.9 Å². The first-order valence-corrected chi connectivity index (χ1v) is 17.7. The average molecular weight is 730 g/mol. The van der Waals surface area contributed by atoms with Gasteiger partial charge in [0.15, 0.2) is 5.88 Å². The average Bonchev–Trinajstić information content (AvgIpc) is 3.46. The third kappa shape index (κ3) is 9.69. The lowest BCUT2D eigenvalue weighted by Crippen LogP contribution is -2.48. The van der Waals surface area contributed by atoms with E-state index >= 15 is 0 Å². The molecule has 1 amide bonds. The third-order valence-corrected chi connectivity index (χ3v) is 9.48. The number of benzene rings is 4. The highest BCUT2D eigenvalue weighted by molar-refractivity contribution is 7.85. The minimum Gasteiger partial charge on any atom is -0.494 e. The number of rotatable bonds is 8. The van der Waals surface area contributed by atoms with Crippen LogP contribution in [0.3, 0.4) is 0 Å². The predicted molar refractivity (Wildman–Crippen MR) is 201 cm³/mol. The lowest BCUT2D eigenvalue weighted by Gasteiger charge is -2.32. The number of esters is 1. The number of nitrogens with one attached hydrogen (secondary N) is 1. The van der Waals surface area contributed by atoms with Crippen LogP contribution in [0, 0.1) is 6.92 Å². The maximum absolute atomic E-state index is 12.9. The van der Waals surface area contributed by atoms with Crippen molar-refractivity contribution in [2.24, 2.45) is 4.99 Å². The van der Waals surface area contributed by atoms with Crippen molar-refractivity contribution in [1.29, 1.82) is 0 Å². The van der Waals surface area contributed by atoms with Crippen molar-refractivity contribution in [3.8, 4) is 5.88 Å². The van der Waals surface area contributed by atoms with Gasteiger partial charge in [-0.3, -0.25) is 14.2 Å². The summed E-state index contributed by atoms with van der Waals surface area (Å²) in [6.07, 6.45) is 0. The molecule has 0 radical (unpaired) electrons. The number of nitrogens with zero attached hydrogens (tertiary/aromatic N) is 4. The van der Waals surface area contributed by atoms with E-state index in [4.69, 9.17) is 14.3 Å². The molecule has 5 N–H and O–H groups in total. The van der Waals surface area contributed by atoms with Crippen molar-refractivity contribution < 1.29 is 37.9 Å². The summed E-state index contributed by atoms with van der Waals surface area (Å²) in [7, 11) is 1.20. The summed E-state index contributed by atoms with van der Waals surface area (Å²) in [5.74, 6) is -0.465. The van der Waals surface area contributed by atoms with Crippen LogP contribution < -0.4 is 4.90 Å². The number of carbonyl (C=O) groups is 2. The molecule has 0 bridgehead atoms. The maximum Gasteiger partial charge on any atom is 0.337 e. The number of aryl methyl sites for hydroxylation is 1. The highest BCUT2D eigenvalue weighted by Crippen LogP contribution is 2.32. The molecule has 1 aliphatic rings. The van der Waals surface area contributed by atoms with Crippen LogP contribution >= 0.6 is 0 Å². The molecule has 0 saturated carbocycles. The fourth-order valence-corrected chi connectivity index (χ4v) is 6.05. The SMILES string of the molecule is COC(=O)c1ccc2c(C(=Nc3ccc(N(C)C(=O)CN4CCN(C)CC4)cc3)c3ccccc3)c(O)[nH]c2c1.Cc1ccc(S(=O)(=O)O)cc1.O. The van der Waals surface area contributed by atoms with E-state index in [9.17, 15) is 23.1 Å². The lowest BCUT2D eigenvalue weighted by molar-refractivity contribution is -0.119. The van der Waals surface area contributed by atoms with Gasteiger partial charge in [-0.15, -0.1) is 0 Å². The standard InChI is InChI=1S/C31H33N5O4.C7H8O3S.H2O/c1-34-15-17-36(18-16-34)20-27(37)35(2)24-12-10-23(11-13-24)32-29(21-7-5-4-6-8-21)28-25-14-9-22(31(39)40-3)19-26(25)33-30(28)38;1-6-2-4-7(5-3-6)11(8,9)10;/h4-14,19,33,38H,15-18,20H2,1-3H3;2-5H,1H3,(H,8,9,10);1H2. The van der Waals surface area contributed by atoms with Crippen molar-refractivity contribution >= 4 is 50.0 Å². The predicted octanol–water partition coefficient (Wildman–Crippen LogP) is 4.46. The Labute approximate surface area is 302 Å². The van der Waals surface area contributed by atoms with Gasteiger partial charge < -0.3 is 30.1 Å². The van der Waals surface area contributed by atoms with Crippen molar-refractivity contribution in [1.82, 2.24) is 14.8 Å². The van der Waals surface area contributed by atoms with Crippen LogP contribution in [0.4, 0.5) is 11.4 Å². The molecule has 52 heavy (non-hydrogen) atoms. The topological polar surface area (TPSA) is 187 Å². The fourth-order valence-electron chi connectivity index (χ4n) is 5.57. The zero-order valence-corrected chi connectivity index (χ0v) is 30.2. The number of aliphatic imine (C=N–C) groups is 1. The normalized spacial score (nSPS) is 13.8. The summed E-state index contributed by atoms with van der Waals surface area (Å²) in [5.41, 5.74) is 5.30. The molecule has 1 aliphatic heterocycles. The number of piperazine rings is 1.